The highest BCUT2D eigenvalue weighted by Gasteiger charge is 2.31. The molecule has 2 aromatic rings. The van der Waals surface area contributed by atoms with E-state index in [2.05, 4.69) is 22.8 Å². The fraction of sp³-hybridized carbons (Fsp3) is 0.400. The molecular weight excluding hydrogens is 408 g/mol. The van der Waals surface area contributed by atoms with Gasteiger partial charge in [-0.1, -0.05) is 68.8 Å². The van der Waals surface area contributed by atoms with Gasteiger partial charge in [-0.15, -0.1) is 0 Å². The number of carboxylic acids is 1. The molecule has 3 atom stereocenters. The smallest absolute Gasteiger partial charge is 0.407 e. The summed E-state index contributed by atoms with van der Waals surface area (Å²) in [6.45, 7) is 5.55. The van der Waals surface area contributed by atoms with E-state index in [4.69, 9.17) is 9.84 Å². The molecule has 3 N–H and O–H groups in total. The maximum absolute atomic E-state index is 12.7. The third-order valence-corrected chi connectivity index (χ3v) is 5.98. The van der Waals surface area contributed by atoms with E-state index in [0.29, 0.717) is 6.42 Å². The zero-order valence-electron chi connectivity index (χ0n) is 18.6. The molecule has 0 bridgehead atoms. The van der Waals surface area contributed by atoms with Crippen LogP contribution in [0.15, 0.2) is 48.5 Å². The number of carboxylic acid groups (broad SMARTS) is 1. The molecule has 1 aliphatic rings. The van der Waals surface area contributed by atoms with Gasteiger partial charge in [0.15, 0.2) is 0 Å². The highest BCUT2D eigenvalue weighted by Crippen LogP contribution is 2.44. The summed E-state index contributed by atoms with van der Waals surface area (Å²) in [7, 11) is 0. The van der Waals surface area contributed by atoms with Crippen molar-refractivity contribution in [1.82, 2.24) is 10.6 Å². The van der Waals surface area contributed by atoms with Crippen LogP contribution in [0.5, 0.6) is 0 Å². The van der Waals surface area contributed by atoms with Gasteiger partial charge in [0.1, 0.15) is 12.6 Å². The van der Waals surface area contributed by atoms with E-state index >= 15 is 0 Å². The predicted molar refractivity (Wildman–Crippen MR) is 121 cm³/mol. The van der Waals surface area contributed by atoms with Crippen molar-refractivity contribution in [1.29, 1.82) is 0 Å². The first-order chi connectivity index (χ1) is 15.3. The SMILES string of the molecule is CCC(C)C(NC(=O)OCC1c2ccccc2-c2ccccc21)C(=O)NC(C)CC(=O)O. The van der Waals surface area contributed by atoms with E-state index in [9.17, 15) is 14.4 Å². The van der Waals surface area contributed by atoms with E-state index in [0.717, 1.165) is 22.3 Å². The van der Waals surface area contributed by atoms with Crippen molar-refractivity contribution >= 4 is 18.0 Å². The molecule has 7 heteroatoms. The van der Waals surface area contributed by atoms with Crippen LogP contribution in [0, 0.1) is 5.92 Å². The predicted octanol–water partition coefficient (Wildman–Crippen LogP) is 3.92. The summed E-state index contributed by atoms with van der Waals surface area (Å²) < 4.78 is 5.56. The highest BCUT2D eigenvalue weighted by atomic mass is 16.5. The molecule has 0 saturated carbocycles. The minimum atomic E-state index is -0.998. The van der Waals surface area contributed by atoms with Crippen LogP contribution in [0.3, 0.4) is 0 Å². The molecule has 0 fully saturated rings. The molecule has 2 aromatic carbocycles. The second-order valence-electron chi connectivity index (χ2n) is 8.34. The second-order valence-corrected chi connectivity index (χ2v) is 8.34. The zero-order chi connectivity index (χ0) is 23.3. The lowest BCUT2D eigenvalue weighted by atomic mass is 9.98. The highest BCUT2D eigenvalue weighted by molar-refractivity contribution is 5.86. The Bertz CT molecular complexity index is 944. The Balaban J connectivity index is 1.66. The van der Waals surface area contributed by atoms with Crippen molar-refractivity contribution in [3.63, 3.8) is 0 Å². The molecular formula is C25H30N2O5. The molecule has 0 saturated heterocycles. The largest absolute Gasteiger partial charge is 0.481 e. The van der Waals surface area contributed by atoms with Gasteiger partial charge >= 0.3 is 12.1 Å². The monoisotopic (exact) mass is 438 g/mol. The quantitative estimate of drug-likeness (QED) is 0.550. The summed E-state index contributed by atoms with van der Waals surface area (Å²) in [6, 6.07) is 14.8. The van der Waals surface area contributed by atoms with Crippen LogP contribution in [0.2, 0.25) is 0 Å². The molecule has 3 unspecified atom stereocenters. The number of hydrogen-bond donors (Lipinski definition) is 3. The maximum atomic E-state index is 12.7. The fourth-order valence-electron chi connectivity index (χ4n) is 4.11. The van der Waals surface area contributed by atoms with E-state index < -0.39 is 30.1 Å². The first-order valence-electron chi connectivity index (χ1n) is 11.0. The Morgan fingerprint density at radius 3 is 2.06 bits per heavy atom. The van der Waals surface area contributed by atoms with Gasteiger partial charge in [-0.3, -0.25) is 9.59 Å². The lowest BCUT2D eigenvalue weighted by Crippen LogP contribution is -2.52. The Kier molecular flexibility index (Phi) is 7.51. The van der Waals surface area contributed by atoms with E-state index in [1.807, 2.05) is 50.2 Å². The molecule has 32 heavy (non-hydrogen) atoms. The van der Waals surface area contributed by atoms with Crippen molar-refractivity contribution in [2.24, 2.45) is 5.92 Å². The van der Waals surface area contributed by atoms with Crippen LogP contribution < -0.4 is 10.6 Å². The number of carbonyl (C=O) groups is 3. The van der Waals surface area contributed by atoms with Crippen LogP contribution in [0.1, 0.15) is 50.7 Å². The van der Waals surface area contributed by atoms with E-state index in [1.54, 1.807) is 6.92 Å². The number of rotatable bonds is 9. The Morgan fingerprint density at radius 1 is 0.969 bits per heavy atom. The van der Waals surface area contributed by atoms with Crippen LogP contribution >= 0.6 is 0 Å². The minimum Gasteiger partial charge on any atom is -0.481 e. The average Bonchev–Trinajstić information content (AvgIpc) is 3.08. The lowest BCUT2D eigenvalue weighted by molar-refractivity contribution is -0.137. The Hall–Kier alpha value is -3.35. The number of ether oxygens (including phenoxy) is 1. The topological polar surface area (TPSA) is 105 Å². The molecule has 7 nitrogen and oxygen atoms in total. The molecule has 0 aliphatic heterocycles. The summed E-state index contributed by atoms with van der Waals surface area (Å²) in [5.41, 5.74) is 4.50. The van der Waals surface area contributed by atoms with Gasteiger partial charge in [0.2, 0.25) is 5.91 Å². The number of benzene rings is 2. The first kappa shape index (κ1) is 23.3. The lowest BCUT2D eigenvalue weighted by Gasteiger charge is -2.25. The number of amides is 2. The first-order valence-corrected chi connectivity index (χ1v) is 11.0. The van der Waals surface area contributed by atoms with Gasteiger partial charge in [-0.05, 0) is 35.1 Å². The summed E-state index contributed by atoms with van der Waals surface area (Å²) in [6.07, 6.45) is -0.197. The van der Waals surface area contributed by atoms with Crippen molar-refractivity contribution in [3.8, 4) is 11.1 Å². The summed E-state index contributed by atoms with van der Waals surface area (Å²) in [5.74, 6) is -1.63. The van der Waals surface area contributed by atoms with Gasteiger partial charge in [-0.25, -0.2) is 4.79 Å². The summed E-state index contributed by atoms with van der Waals surface area (Å²) in [5, 5.41) is 14.3. The van der Waals surface area contributed by atoms with E-state index in [-0.39, 0.29) is 24.9 Å². The molecule has 0 heterocycles. The number of aliphatic carboxylic acids is 1. The number of hydrogen-bond acceptors (Lipinski definition) is 4. The molecule has 170 valence electrons. The third-order valence-electron chi connectivity index (χ3n) is 5.98. The number of fused-ring (bicyclic) bond motifs is 3. The molecule has 3 rings (SSSR count). The van der Waals surface area contributed by atoms with Crippen molar-refractivity contribution in [3.05, 3.63) is 59.7 Å². The van der Waals surface area contributed by atoms with Gasteiger partial charge in [0.25, 0.3) is 0 Å². The standard InChI is InChI=1S/C25H30N2O5/c1-4-15(2)23(24(30)26-16(3)13-22(28)29)27-25(31)32-14-21-19-11-7-5-9-17(19)18-10-6-8-12-20(18)21/h5-12,15-16,21,23H,4,13-14H2,1-3H3,(H,26,30)(H,27,31)(H,28,29). The molecule has 1 aliphatic carbocycles. The summed E-state index contributed by atoms with van der Waals surface area (Å²) in [4.78, 5) is 36.2. The Morgan fingerprint density at radius 2 is 1.53 bits per heavy atom. The maximum Gasteiger partial charge on any atom is 0.407 e. The van der Waals surface area contributed by atoms with Crippen LogP contribution in [0.4, 0.5) is 4.79 Å². The van der Waals surface area contributed by atoms with Gasteiger partial charge in [0, 0.05) is 12.0 Å². The van der Waals surface area contributed by atoms with E-state index in [1.165, 1.54) is 0 Å². The number of carbonyl (C=O) groups excluding carboxylic acids is 2. The normalized spacial score (nSPS) is 15.1. The molecule has 2 amide bonds. The minimum absolute atomic E-state index is 0.0698. The number of nitrogens with one attached hydrogen (secondary N) is 2. The van der Waals surface area contributed by atoms with Crippen molar-refractivity contribution < 1.29 is 24.2 Å². The Labute approximate surface area is 188 Å². The van der Waals surface area contributed by atoms with Crippen molar-refractivity contribution in [2.75, 3.05) is 6.61 Å². The molecule has 0 radical (unpaired) electrons. The van der Waals surface area contributed by atoms with Crippen molar-refractivity contribution in [2.45, 2.75) is 51.6 Å². The third kappa shape index (κ3) is 5.28. The second kappa shape index (κ2) is 10.3. The van der Waals surface area contributed by atoms with Crippen LogP contribution in [-0.4, -0.2) is 41.8 Å². The zero-order valence-corrected chi connectivity index (χ0v) is 18.6. The van der Waals surface area contributed by atoms with Gasteiger partial charge in [0.05, 0.1) is 6.42 Å². The van der Waals surface area contributed by atoms with Gasteiger partial charge < -0.3 is 20.5 Å². The average molecular weight is 439 g/mol. The molecule has 0 spiro atoms. The van der Waals surface area contributed by atoms with Crippen LogP contribution in [0.25, 0.3) is 11.1 Å². The van der Waals surface area contributed by atoms with Gasteiger partial charge in [-0.2, -0.15) is 0 Å². The number of alkyl carbamates (subject to hydrolysis) is 1. The molecule has 0 aromatic heterocycles. The van der Waals surface area contributed by atoms with Crippen LogP contribution in [-0.2, 0) is 14.3 Å². The fourth-order valence-corrected chi connectivity index (χ4v) is 4.11. The summed E-state index contributed by atoms with van der Waals surface area (Å²) >= 11 is 0.